The van der Waals surface area contributed by atoms with Gasteiger partial charge in [-0.25, -0.2) is 4.39 Å². The first-order valence-electron chi connectivity index (χ1n) is 6.18. The van der Waals surface area contributed by atoms with Gasteiger partial charge in [-0.05, 0) is 35.7 Å². The molecule has 0 radical (unpaired) electrons. The van der Waals surface area contributed by atoms with Crippen molar-refractivity contribution in [2.45, 2.75) is 19.4 Å². The number of methoxy groups -OCH3 is 1. The minimum Gasteiger partial charge on any atom is -0.496 e. The molecule has 2 aromatic carbocycles. The fourth-order valence-corrected chi connectivity index (χ4v) is 2.03. The average molecular weight is 260 g/mol. The number of aliphatic hydroxyl groups excluding tert-OH is 1. The number of halogens is 1. The summed E-state index contributed by atoms with van der Waals surface area (Å²) in [5.74, 6) is 0.436. The van der Waals surface area contributed by atoms with Crippen molar-refractivity contribution in [1.82, 2.24) is 0 Å². The van der Waals surface area contributed by atoms with Crippen molar-refractivity contribution >= 4 is 0 Å². The van der Waals surface area contributed by atoms with E-state index in [4.69, 9.17) is 4.74 Å². The maximum Gasteiger partial charge on any atom is 0.126 e. The van der Waals surface area contributed by atoms with Gasteiger partial charge in [-0.3, -0.25) is 0 Å². The van der Waals surface area contributed by atoms with Gasteiger partial charge in [-0.15, -0.1) is 0 Å². The standard InChI is InChI=1S/C16H17FO2/c1-11-7-8-13(10-16(11)19-2)15(18)9-12-5-3-4-6-14(12)17/h3-8,10,15,18H,9H2,1-2H3. The minimum absolute atomic E-state index is 0.249. The van der Waals surface area contributed by atoms with E-state index < -0.39 is 6.10 Å². The second kappa shape index (κ2) is 5.85. The fraction of sp³-hybridized carbons (Fsp3) is 0.250. The van der Waals surface area contributed by atoms with Crippen molar-refractivity contribution < 1.29 is 14.2 Å². The monoisotopic (exact) mass is 260 g/mol. The van der Waals surface area contributed by atoms with Crippen LogP contribution in [0.25, 0.3) is 0 Å². The quantitative estimate of drug-likeness (QED) is 0.912. The van der Waals surface area contributed by atoms with Gasteiger partial charge >= 0.3 is 0 Å². The zero-order valence-corrected chi connectivity index (χ0v) is 11.1. The van der Waals surface area contributed by atoms with Gasteiger partial charge in [0.25, 0.3) is 0 Å². The summed E-state index contributed by atoms with van der Waals surface area (Å²) in [4.78, 5) is 0. The van der Waals surface area contributed by atoms with Crippen LogP contribution in [0.5, 0.6) is 5.75 Å². The highest BCUT2D eigenvalue weighted by molar-refractivity contribution is 5.38. The second-order valence-electron chi connectivity index (χ2n) is 4.54. The molecule has 0 amide bonds. The van der Waals surface area contributed by atoms with Gasteiger partial charge in [0.1, 0.15) is 11.6 Å². The molecule has 0 saturated heterocycles. The van der Waals surface area contributed by atoms with Crippen LogP contribution < -0.4 is 4.74 Å². The van der Waals surface area contributed by atoms with Crippen molar-refractivity contribution in [3.63, 3.8) is 0 Å². The maximum absolute atomic E-state index is 13.5. The molecule has 1 unspecified atom stereocenters. The van der Waals surface area contributed by atoms with Gasteiger partial charge < -0.3 is 9.84 Å². The number of hydrogen-bond donors (Lipinski definition) is 1. The first kappa shape index (κ1) is 13.6. The van der Waals surface area contributed by atoms with E-state index in [1.165, 1.54) is 6.07 Å². The van der Waals surface area contributed by atoms with Gasteiger partial charge in [-0.2, -0.15) is 0 Å². The lowest BCUT2D eigenvalue weighted by Gasteiger charge is -2.14. The predicted octanol–water partition coefficient (Wildman–Crippen LogP) is 3.42. The summed E-state index contributed by atoms with van der Waals surface area (Å²) in [6.45, 7) is 1.94. The molecule has 100 valence electrons. The van der Waals surface area contributed by atoms with Crippen LogP contribution in [0.2, 0.25) is 0 Å². The summed E-state index contributed by atoms with van der Waals surface area (Å²) in [6.07, 6.45) is -0.495. The molecular formula is C16H17FO2. The Morgan fingerprint density at radius 1 is 1.21 bits per heavy atom. The molecule has 2 nitrogen and oxygen atoms in total. The SMILES string of the molecule is COc1cc(C(O)Cc2ccccc2F)ccc1C. The Bertz CT molecular complexity index is 566. The smallest absolute Gasteiger partial charge is 0.126 e. The minimum atomic E-state index is -0.744. The van der Waals surface area contributed by atoms with E-state index in [-0.39, 0.29) is 12.2 Å². The van der Waals surface area contributed by atoms with Crippen LogP contribution in [0, 0.1) is 12.7 Å². The fourth-order valence-electron chi connectivity index (χ4n) is 2.03. The Morgan fingerprint density at radius 3 is 2.63 bits per heavy atom. The molecule has 19 heavy (non-hydrogen) atoms. The molecule has 0 aliphatic heterocycles. The summed E-state index contributed by atoms with van der Waals surface area (Å²) in [5.41, 5.74) is 2.24. The molecule has 0 aromatic heterocycles. The Balaban J connectivity index is 2.20. The second-order valence-corrected chi connectivity index (χ2v) is 4.54. The maximum atomic E-state index is 13.5. The first-order valence-corrected chi connectivity index (χ1v) is 6.18. The highest BCUT2D eigenvalue weighted by Crippen LogP contribution is 2.25. The number of aliphatic hydroxyl groups is 1. The largest absolute Gasteiger partial charge is 0.496 e. The molecule has 0 aliphatic carbocycles. The van der Waals surface area contributed by atoms with Crippen LogP contribution in [0.15, 0.2) is 42.5 Å². The molecule has 2 aromatic rings. The van der Waals surface area contributed by atoms with Crippen LogP contribution in [0.1, 0.15) is 22.8 Å². The molecule has 0 fully saturated rings. The van der Waals surface area contributed by atoms with Crippen molar-refractivity contribution in [1.29, 1.82) is 0 Å². The van der Waals surface area contributed by atoms with Crippen LogP contribution in [0.3, 0.4) is 0 Å². The summed E-state index contributed by atoms with van der Waals surface area (Å²) in [7, 11) is 1.59. The molecule has 1 N–H and O–H groups in total. The zero-order valence-electron chi connectivity index (χ0n) is 11.1. The van der Waals surface area contributed by atoms with E-state index in [1.807, 2.05) is 19.1 Å². The topological polar surface area (TPSA) is 29.5 Å². The molecule has 0 heterocycles. The summed E-state index contributed by atoms with van der Waals surface area (Å²) >= 11 is 0. The molecule has 3 heteroatoms. The third-order valence-electron chi connectivity index (χ3n) is 3.19. The molecule has 0 aliphatic rings. The number of rotatable bonds is 4. The first-order chi connectivity index (χ1) is 9.11. The third kappa shape index (κ3) is 3.12. The molecule has 1 atom stereocenters. The number of ether oxygens (including phenoxy) is 1. The van der Waals surface area contributed by atoms with E-state index in [9.17, 15) is 9.50 Å². The van der Waals surface area contributed by atoms with E-state index >= 15 is 0 Å². The average Bonchev–Trinajstić information content (AvgIpc) is 2.42. The van der Waals surface area contributed by atoms with Crippen molar-refractivity contribution in [2.24, 2.45) is 0 Å². The van der Waals surface area contributed by atoms with Crippen LogP contribution in [-0.4, -0.2) is 12.2 Å². The van der Waals surface area contributed by atoms with Gasteiger partial charge in [0.05, 0.1) is 13.2 Å². The van der Waals surface area contributed by atoms with Gasteiger partial charge in [-0.1, -0.05) is 30.3 Å². The molecular weight excluding hydrogens is 243 g/mol. The van der Waals surface area contributed by atoms with Crippen molar-refractivity contribution in [3.05, 3.63) is 65.0 Å². The lowest BCUT2D eigenvalue weighted by Crippen LogP contribution is -2.04. The summed E-state index contributed by atoms with van der Waals surface area (Å²) in [5, 5.41) is 10.2. The molecule has 0 spiro atoms. The van der Waals surface area contributed by atoms with Crippen molar-refractivity contribution in [3.8, 4) is 5.75 Å². The van der Waals surface area contributed by atoms with Gasteiger partial charge in [0, 0.05) is 6.42 Å². The molecule has 2 rings (SSSR count). The van der Waals surface area contributed by atoms with Gasteiger partial charge in [0.2, 0.25) is 0 Å². The predicted molar refractivity (Wildman–Crippen MR) is 72.8 cm³/mol. The van der Waals surface area contributed by atoms with E-state index in [0.29, 0.717) is 5.56 Å². The van der Waals surface area contributed by atoms with Crippen LogP contribution in [-0.2, 0) is 6.42 Å². The number of aryl methyl sites for hydroxylation is 1. The molecule has 0 saturated carbocycles. The van der Waals surface area contributed by atoms with E-state index in [2.05, 4.69) is 0 Å². The van der Waals surface area contributed by atoms with Crippen molar-refractivity contribution in [2.75, 3.05) is 7.11 Å². The van der Waals surface area contributed by atoms with E-state index in [1.54, 1.807) is 31.4 Å². The van der Waals surface area contributed by atoms with Crippen LogP contribution in [0.4, 0.5) is 4.39 Å². The number of benzene rings is 2. The lowest BCUT2D eigenvalue weighted by atomic mass is 10.00. The van der Waals surface area contributed by atoms with Gasteiger partial charge in [0.15, 0.2) is 0 Å². The Kier molecular flexibility index (Phi) is 4.17. The highest BCUT2D eigenvalue weighted by Gasteiger charge is 2.12. The normalized spacial score (nSPS) is 12.2. The van der Waals surface area contributed by atoms with Crippen LogP contribution >= 0.6 is 0 Å². The summed E-state index contributed by atoms with van der Waals surface area (Å²) in [6, 6.07) is 12.0. The zero-order chi connectivity index (χ0) is 13.8. The molecule has 0 bridgehead atoms. The third-order valence-corrected chi connectivity index (χ3v) is 3.19. The summed E-state index contributed by atoms with van der Waals surface area (Å²) < 4.78 is 18.8. The lowest BCUT2D eigenvalue weighted by molar-refractivity contribution is 0.176. The Labute approximate surface area is 112 Å². The Morgan fingerprint density at radius 2 is 1.95 bits per heavy atom. The highest BCUT2D eigenvalue weighted by atomic mass is 19.1. The van der Waals surface area contributed by atoms with E-state index in [0.717, 1.165) is 16.9 Å². The Hall–Kier alpha value is -1.87. The number of hydrogen-bond acceptors (Lipinski definition) is 2.